The summed E-state index contributed by atoms with van der Waals surface area (Å²) in [7, 11) is 0. The smallest absolute Gasteiger partial charge is 0.339 e. The van der Waals surface area contributed by atoms with Crippen LogP contribution in [0.3, 0.4) is 0 Å². The lowest BCUT2D eigenvalue weighted by Crippen LogP contribution is -2.02. The highest BCUT2D eigenvalue weighted by molar-refractivity contribution is 9.10. The maximum Gasteiger partial charge on any atom is 0.339 e. The van der Waals surface area contributed by atoms with Crippen molar-refractivity contribution in [3.05, 3.63) is 64.5 Å². The first-order valence-electron chi connectivity index (χ1n) is 6.25. The highest BCUT2D eigenvalue weighted by atomic mass is 79.9. The Hall–Kier alpha value is -2.27. The molecule has 0 spiro atoms. The zero-order valence-corrected chi connectivity index (χ0v) is 12.5. The number of carboxylic acids is 1. The molecule has 0 radical (unpaired) electrons. The fourth-order valence-corrected chi connectivity index (χ4v) is 2.46. The third kappa shape index (κ3) is 2.92. The number of benzene rings is 2. The number of fused-ring (bicyclic) bond motifs is 1. The van der Waals surface area contributed by atoms with Gasteiger partial charge in [-0.25, -0.2) is 4.79 Å². The minimum Gasteiger partial charge on any atom is -0.486 e. The van der Waals surface area contributed by atoms with E-state index < -0.39 is 5.97 Å². The van der Waals surface area contributed by atoms with Crippen LogP contribution < -0.4 is 4.74 Å². The number of carboxylic acid groups (broad SMARTS) is 1. The van der Waals surface area contributed by atoms with Gasteiger partial charge in [-0.1, -0.05) is 28.1 Å². The van der Waals surface area contributed by atoms with Crippen LogP contribution in [0.1, 0.15) is 16.1 Å². The van der Waals surface area contributed by atoms with Crippen molar-refractivity contribution in [1.29, 1.82) is 0 Å². The molecule has 3 rings (SSSR count). The minimum absolute atomic E-state index is 0.0800. The second kappa shape index (κ2) is 5.61. The van der Waals surface area contributed by atoms with Crippen LogP contribution in [-0.4, -0.2) is 11.1 Å². The summed E-state index contributed by atoms with van der Waals surface area (Å²) < 4.78 is 11.8. The molecule has 2 aromatic carbocycles. The SMILES string of the molecule is O=C(O)c1ccoc1COc1ccc2cc(Br)ccc2c1. The molecule has 3 aromatic rings. The van der Waals surface area contributed by atoms with E-state index in [9.17, 15) is 4.79 Å². The van der Waals surface area contributed by atoms with Gasteiger partial charge in [-0.05, 0) is 41.1 Å². The fourth-order valence-electron chi connectivity index (χ4n) is 2.08. The molecular weight excluding hydrogens is 336 g/mol. The van der Waals surface area contributed by atoms with Gasteiger partial charge in [0.25, 0.3) is 0 Å². The molecule has 1 aromatic heterocycles. The predicted molar refractivity (Wildman–Crippen MR) is 81.6 cm³/mol. The zero-order chi connectivity index (χ0) is 14.8. The molecule has 0 amide bonds. The quantitative estimate of drug-likeness (QED) is 0.756. The van der Waals surface area contributed by atoms with E-state index in [1.165, 1.54) is 12.3 Å². The molecular formula is C16H11BrO4. The number of hydrogen-bond donors (Lipinski definition) is 1. The number of hydrogen-bond acceptors (Lipinski definition) is 3. The molecule has 0 saturated heterocycles. The Labute approximate surface area is 129 Å². The molecule has 0 bridgehead atoms. The van der Waals surface area contributed by atoms with Crippen molar-refractivity contribution in [3.63, 3.8) is 0 Å². The van der Waals surface area contributed by atoms with Gasteiger partial charge in [0.1, 0.15) is 17.9 Å². The van der Waals surface area contributed by atoms with Crippen molar-refractivity contribution in [3.8, 4) is 5.75 Å². The number of rotatable bonds is 4. The van der Waals surface area contributed by atoms with Crippen LogP contribution in [0.15, 0.2) is 57.6 Å². The molecule has 21 heavy (non-hydrogen) atoms. The zero-order valence-electron chi connectivity index (χ0n) is 10.9. The van der Waals surface area contributed by atoms with E-state index in [2.05, 4.69) is 15.9 Å². The van der Waals surface area contributed by atoms with Gasteiger partial charge in [0.2, 0.25) is 0 Å². The topological polar surface area (TPSA) is 59.7 Å². The van der Waals surface area contributed by atoms with Gasteiger partial charge in [-0.15, -0.1) is 0 Å². The number of carbonyl (C=O) groups is 1. The van der Waals surface area contributed by atoms with Crippen LogP contribution >= 0.6 is 15.9 Å². The Kier molecular flexibility index (Phi) is 3.66. The second-order valence-corrected chi connectivity index (χ2v) is 5.42. The summed E-state index contributed by atoms with van der Waals surface area (Å²) in [5.74, 6) is -0.0540. The summed E-state index contributed by atoms with van der Waals surface area (Å²) in [6, 6.07) is 13.1. The van der Waals surface area contributed by atoms with Gasteiger partial charge in [-0.3, -0.25) is 0 Å². The Morgan fingerprint density at radius 2 is 1.90 bits per heavy atom. The Balaban J connectivity index is 1.80. The molecule has 0 fully saturated rings. The van der Waals surface area contributed by atoms with E-state index in [4.69, 9.17) is 14.3 Å². The molecule has 0 unspecified atom stereocenters. The van der Waals surface area contributed by atoms with Gasteiger partial charge in [0, 0.05) is 4.47 Å². The Bertz CT molecular complexity index is 807. The third-order valence-corrected chi connectivity index (χ3v) is 3.61. The van der Waals surface area contributed by atoms with Crippen LogP contribution in [-0.2, 0) is 6.61 Å². The van der Waals surface area contributed by atoms with Crippen LogP contribution in [0.2, 0.25) is 0 Å². The molecule has 0 saturated carbocycles. The average Bonchev–Trinajstić information content (AvgIpc) is 2.93. The maximum atomic E-state index is 11.0. The Morgan fingerprint density at radius 1 is 1.14 bits per heavy atom. The number of aromatic carboxylic acids is 1. The summed E-state index contributed by atoms with van der Waals surface area (Å²) in [6.45, 7) is 0.0800. The standard InChI is InChI=1S/C16H11BrO4/c17-12-3-1-11-8-13(4-2-10(11)7-12)21-9-15-14(16(18)19)5-6-20-15/h1-8H,9H2,(H,18,19). The van der Waals surface area contributed by atoms with Crippen LogP contribution in [0.25, 0.3) is 10.8 Å². The first-order valence-corrected chi connectivity index (χ1v) is 7.04. The lowest BCUT2D eigenvalue weighted by atomic mass is 10.1. The van der Waals surface area contributed by atoms with Crippen LogP contribution in [0.5, 0.6) is 5.75 Å². The molecule has 1 heterocycles. The van der Waals surface area contributed by atoms with Gasteiger partial charge >= 0.3 is 5.97 Å². The summed E-state index contributed by atoms with van der Waals surface area (Å²) >= 11 is 3.43. The molecule has 0 aliphatic rings. The molecule has 1 N–H and O–H groups in total. The van der Waals surface area contributed by atoms with E-state index in [1.54, 1.807) is 0 Å². The predicted octanol–water partition coefficient (Wildman–Crippen LogP) is 4.47. The van der Waals surface area contributed by atoms with Gasteiger partial charge in [0.05, 0.1) is 6.26 Å². The monoisotopic (exact) mass is 346 g/mol. The number of furan rings is 1. The highest BCUT2D eigenvalue weighted by Gasteiger charge is 2.13. The summed E-state index contributed by atoms with van der Waals surface area (Å²) in [6.07, 6.45) is 1.35. The van der Waals surface area contributed by atoms with E-state index in [0.717, 1.165) is 15.2 Å². The van der Waals surface area contributed by atoms with Crippen molar-refractivity contribution in [2.24, 2.45) is 0 Å². The summed E-state index contributed by atoms with van der Waals surface area (Å²) in [5.41, 5.74) is 0.125. The summed E-state index contributed by atoms with van der Waals surface area (Å²) in [5, 5.41) is 11.1. The van der Waals surface area contributed by atoms with Crippen molar-refractivity contribution in [2.75, 3.05) is 0 Å². The third-order valence-electron chi connectivity index (χ3n) is 3.12. The second-order valence-electron chi connectivity index (χ2n) is 4.50. The highest BCUT2D eigenvalue weighted by Crippen LogP contribution is 2.25. The van der Waals surface area contributed by atoms with E-state index in [-0.39, 0.29) is 12.2 Å². The number of ether oxygens (including phenoxy) is 1. The van der Waals surface area contributed by atoms with E-state index in [0.29, 0.717) is 11.5 Å². The molecule has 5 heteroatoms. The normalized spacial score (nSPS) is 10.7. The lowest BCUT2D eigenvalue weighted by molar-refractivity contribution is 0.0692. The molecule has 0 aliphatic heterocycles. The Morgan fingerprint density at radius 3 is 2.71 bits per heavy atom. The van der Waals surface area contributed by atoms with E-state index in [1.807, 2.05) is 36.4 Å². The first kappa shape index (κ1) is 13.7. The van der Waals surface area contributed by atoms with E-state index >= 15 is 0 Å². The van der Waals surface area contributed by atoms with Crippen LogP contribution in [0, 0.1) is 0 Å². The van der Waals surface area contributed by atoms with Gasteiger partial charge in [0.15, 0.2) is 5.76 Å². The lowest BCUT2D eigenvalue weighted by Gasteiger charge is -2.07. The minimum atomic E-state index is -1.02. The van der Waals surface area contributed by atoms with Gasteiger partial charge < -0.3 is 14.3 Å². The first-order chi connectivity index (χ1) is 10.1. The van der Waals surface area contributed by atoms with Crippen molar-refractivity contribution < 1.29 is 19.1 Å². The largest absolute Gasteiger partial charge is 0.486 e. The number of halogens is 1. The molecule has 0 atom stereocenters. The molecule has 0 aliphatic carbocycles. The fraction of sp³-hybridized carbons (Fsp3) is 0.0625. The molecule has 4 nitrogen and oxygen atoms in total. The van der Waals surface area contributed by atoms with Gasteiger partial charge in [-0.2, -0.15) is 0 Å². The van der Waals surface area contributed by atoms with Crippen molar-refractivity contribution in [2.45, 2.75) is 6.61 Å². The maximum absolute atomic E-state index is 11.0. The van der Waals surface area contributed by atoms with Crippen LogP contribution in [0.4, 0.5) is 0 Å². The van der Waals surface area contributed by atoms with Crippen molar-refractivity contribution in [1.82, 2.24) is 0 Å². The van der Waals surface area contributed by atoms with Crippen molar-refractivity contribution >= 4 is 32.7 Å². The molecule has 106 valence electrons. The summed E-state index contributed by atoms with van der Waals surface area (Å²) in [4.78, 5) is 11.0. The average molecular weight is 347 g/mol.